The number of hydrogen-bond acceptors (Lipinski definition) is 4. The molecular weight excluding hydrogens is 404 g/mol. The number of nitrogens with zero attached hydrogens (tertiary/aromatic N) is 2. The Morgan fingerprint density at radius 1 is 1.17 bits per heavy atom. The minimum Gasteiger partial charge on any atom is -0.356 e. The largest absolute Gasteiger partial charge is 0.356 e. The Bertz CT molecular complexity index is 903. The third-order valence-corrected chi connectivity index (χ3v) is 8.18. The van der Waals surface area contributed by atoms with Crippen LogP contribution in [-0.2, 0) is 22.0 Å². The molecule has 0 saturated carbocycles. The van der Waals surface area contributed by atoms with Gasteiger partial charge in [0, 0.05) is 43.5 Å². The number of thiophene rings is 1. The fourth-order valence-corrected chi connectivity index (χ4v) is 4.90. The molecular formula is C21H32N4O2S2. The minimum atomic E-state index is -3.46. The average molecular weight is 437 g/mol. The molecule has 0 unspecified atom stereocenters. The number of sulfonamides is 1. The van der Waals surface area contributed by atoms with E-state index in [1.54, 1.807) is 37.6 Å². The van der Waals surface area contributed by atoms with Gasteiger partial charge in [-0.25, -0.2) is 8.42 Å². The standard InChI is InChI=1S/C21H32N4O2S2/c1-16(2)25(6)29(26,27)18-11-9-17(10-12-18)14-23-20(22-5)24-15-21(3,4)19-8-7-13-28-19/h7-13,16H,14-15H2,1-6H3,(H2,22,23,24). The Kier molecular flexibility index (Phi) is 7.85. The summed E-state index contributed by atoms with van der Waals surface area (Å²) < 4.78 is 26.5. The Hall–Kier alpha value is -1.90. The zero-order chi connectivity index (χ0) is 21.7. The van der Waals surface area contributed by atoms with Crippen molar-refractivity contribution in [1.82, 2.24) is 14.9 Å². The van der Waals surface area contributed by atoms with E-state index < -0.39 is 10.0 Å². The molecule has 0 amide bonds. The number of guanidine groups is 1. The summed E-state index contributed by atoms with van der Waals surface area (Å²) in [6, 6.07) is 11.1. The summed E-state index contributed by atoms with van der Waals surface area (Å²) in [7, 11) is -0.119. The van der Waals surface area contributed by atoms with E-state index in [2.05, 4.69) is 47.0 Å². The van der Waals surface area contributed by atoms with Crippen LogP contribution in [0.5, 0.6) is 0 Å². The van der Waals surface area contributed by atoms with E-state index in [4.69, 9.17) is 0 Å². The molecule has 1 aromatic heterocycles. The Labute approximate surface area is 179 Å². The number of hydrogen-bond donors (Lipinski definition) is 2. The van der Waals surface area contributed by atoms with Crippen LogP contribution in [0.4, 0.5) is 0 Å². The molecule has 1 aromatic carbocycles. The fraction of sp³-hybridized carbons (Fsp3) is 0.476. The van der Waals surface area contributed by atoms with Crippen molar-refractivity contribution >= 4 is 27.3 Å². The summed E-state index contributed by atoms with van der Waals surface area (Å²) in [5, 5.41) is 8.75. The highest BCUT2D eigenvalue weighted by molar-refractivity contribution is 7.89. The number of nitrogens with one attached hydrogen (secondary N) is 2. The quantitative estimate of drug-likeness (QED) is 0.491. The molecule has 0 saturated heterocycles. The van der Waals surface area contributed by atoms with Gasteiger partial charge < -0.3 is 10.6 Å². The lowest BCUT2D eigenvalue weighted by Crippen LogP contribution is -2.42. The van der Waals surface area contributed by atoms with Crippen LogP contribution < -0.4 is 10.6 Å². The first-order valence-corrected chi connectivity index (χ1v) is 12.0. The maximum Gasteiger partial charge on any atom is 0.243 e. The van der Waals surface area contributed by atoms with E-state index in [-0.39, 0.29) is 11.5 Å². The summed E-state index contributed by atoms with van der Waals surface area (Å²) in [5.74, 6) is 0.714. The monoisotopic (exact) mass is 436 g/mol. The topological polar surface area (TPSA) is 73.8 Å². The van der Waals surface area contributed by atoms with E-state index in [9.17, 15) is 8.42 Å². The van der Waals surface area contributed by atoms with Crippen LogP contribution in [0.2, 0.25) is 0 Å². The molecule has 160 valence electrons. The van der Waals surface area contributed by atoms with Gasteiger partial charge >= 0.3 is 0 Å². The third kappa shape index (κ3) is 6.04. The first-order chi connectivity index (χ1) is 13.6. The van der Waals surface area contributed by atoms with Gasteiger partial charge in [-0.1, -0.05) is 32.0 Å². The van der Waals surface area contributed by atoms with Crippen molar-refractivity contribution < 1.29 is 8.42 Å². The van der Waals surface area contributed by atoms with E-state index >= 15 is 0 Å². The van der Waals surface area contributed by atoms with Gasteiger partial charge in [0.2, 0.25) is 10.0 Å². The number of rotatable bonds is 8. The molecule has 29 heavy (non-hydrogen) atoms. The van der Waals surface area contributed by atoms with Crippen LogP contribution in [0.3, 0.4) is 0 Å². The fourth-order valence-electron chi connectivity index (χ4n) is 2.68. The second-order valence-electron chi connectivity index (χ2n) is 7.90. The first kappa shape index (κ1) is 23.4. The molecule has 2 aromatic rings. The highest BCUT2D eigenvalue weighted by Gasteiger charge is 2.23. The van der Waals surface area contributed by atoms with Crippen molar-refractivity contribution in [2.45, 2.75) is 50.6 Å². The van der Waals surface area contributed by atoms with Gasteiger partial charge in [-0.15, -0.1) is 11.3 Å². The van der Waals surface area contributed by atoms with Gasteiger partial charge in [-0.3, -0.25) is 4.99 Å². The van der Waals surface area contributed by atoms with Gasteiger partial charge in [0.05, 0.1) is 4.90 Å². The molecule has 0 spiro atoms. The highest BCUT2D eigenvalue weighted by Crippen LogP contribution is 2.26. The van der Waals surface area contributed by atoms with Crippen LogP contribution in [0.25, 0.3) is 0 Å². The SMILES string of the molecule is CN=C(NCc1ccc(S(=O)(=O)N(C)C(C)C)cc1)NCC(C)(C)c1cccs1. The van der Waals surface area contributed by atoms with Crippen LogP contribution in [-0.4, -0.2) is 45.4 Å². The van der Waals surface area contributed by atoms with Crippen LogP contribution in [0.15, 0.2) is 51.7 Å². The lowest BCUT2D eigenvalue weighted by atomic mass is 9.91. The van der Waals surface area contributed by atoms with Gasteiger partial charge in [0.1, 0.15) is 0 Å². The second kappa shape index (κ2) is 9.73. The molecule has 0 radical (unpaired) electrons. The molecule has 6 nitrogen and oxygen atoms in total. The van der Waals surface area contributed by atoms with Crippen LogP contribution >= 0.6 is 11.3 Å². The number of aliphatic imine (C=N–C) groups is 1. The predicted octanol–water partition coefficient (Wildman–Crippen LogP) is 3.42. The zero-order valence-corrected chi connectivity index (χ0v) is 19.7. The molecule has 1 heterocycles. The first-order valence-electron chi connectivity index (χ1n) is 9.63. The van der Waals surface area contributed by atoms with E-state index in [1.807, 2.05) is 26.0 Å². The lowest BCUT2D eigenvalue weighted by molar-refractivity contribution is 0.410. The van der Waals surface area contributed by atoms with Crippen molar-refractivity contribution in [2.75, 3.05) is 20.6 Å². The van der Waals surface area contributed by atoms with E-state index in [0.29, 0.717) is 17.4 Å². The van der Waals surface area contributed by atoms with E-state index in [0.717, 1.165) is 12.1 Å². The molecule has 8 heteroatoms. The normalized spacial score (nSPS) is 13.2. The smallest absolute Gasteiger partial charge is 0.243 e. The summed E-state index contributed by atoms with van der Waals surface area (Å²) in [4.78, 5) is 5.91. The molecule has 0 aliphatic heterocycles. The van der Waals surface area contributed by atoms with Crippen LogP contribution in [0.1, 0.15) is 38.1 Å². The lowest BCUT2D eigenvalue weighted by Gasteiger charge is -2.25. The van der Waals surface area contributed by atoms with Crippen molar-refractivity contribution in [3.05, 3.63) is 52.2 Å². The minimum absolute atomic E-state index is 0.00420. The maximum absolute atomic E-state index is 12.6. The van der Waals surface area contributed by atoms with Crippen molar-refractivity contribution in [1.29, 1.82) is 0 Å². The predicted molar refractivity (Wildman–Crippen MR) is 122 cm³/mol. The summed E-state index contributed by atoms with van der Waals surface area (Å²) in [6.07, 6.45) is 0. The average Bonchev–Trinajstić information content (AvgIpc) is 3.23. The van der Waals surface area contributed by atoms with Crippen molar-refractivity contribution in [3.8, 4) is 0 Å². The maximum atomic E-state index is 12.6. The number of benzene rings is 1. The van der Waals surface area contributed by atoms with Gasteiger partial charge in [0.15, 0.2) is 5.96 Å². The van der Waals surface area contributed by atoms with Gasteiger partial charge in [-0.2, -0.15) is 4.31 Å². The molecule has 0 fully saturated rings. The molecule has 0 bridgehead atoms. The Morgan fingerprint density at radius 2 is 1.83 bits per heavy atom. The second-order valence-corrected chi connectivity index (χ2v) is 10.8. The molecule has 2 N–H and O–H groups in total. The zero-order valence-electron chi connectivity index (χ0n) is 18.1. The third-order valence-electron chi connectivity index (χ3n) is 4.90. The molecule has 0 aliphatic rings. The van der Waals surface area contributed by atoms with Gasteiger partial charge in [0.25, 0.3) is 0 Å². The summed E-state index contributed by atoms with van der Waals surface area (Å²) in [6.45, 7) is 9.42. The molecule has 0 aliphatic carbocycles. The van der Waals surface area contributed by atoms with E-state index in [1.165, 1.54) is 9.18 Å². The highest BCUT2D eigenvalue weighted by atomic mass is 32.2. The Morgan fingerprint density at radius 3 is 2.34 bits per heavy atom. The summed E-state index contributed by atoms with van der Waals surface area (Å²) >= 11 is 1.75. The van der Waals surface area contributed by atoms with Crippen molar-refractivity contribution in [3.63, 3.8) is 0 Å². The molecule has 2 rings (SSSR count). The molecule has 0 atom stereocenters. The Balaban J connectivity index is 1.95. The van der Waals surface area contributed by atoms with Crippen molar-refractivity contribution in [2.24, 2.45) is 4.99 Å². The van der Waals surface area contributed by atoms with Gasteiger partial charge in [-0.05, 0) is 43.0 Å². The summed E-state index contributed by atoms with van der Waals surface area (Å²) in [5.41, 5.74) is 0.987. The van der Waals surface area contributed by atoms with Crippen LogP contribution in [0, 0.1) is 0 Å².